The highest BCUT2D eigenvalue weighted by molar-refractivity contribution is 4.90. The summed E-state index contributed by atoms with van der Waals surface area (Å²) < 4.78 is 5.43. The smallest absolute Gasteiger partial charge is 0.0507 e. The van der Waals surface area contributed by atoms with Gasteiger partial charge in [-0.15, -0.1) is 0 Å². The summed E-state index contributed by atoms with van der Waals surface area (Å²) in [4.78, 5) is 2.61. The molecule has 2 fully saturated rings. The molecule has 2 atom stereocenters. The highest BCUT2D eigenvalue weighted by Gasteiger charge is 2.30. The van der Waals surface area contributed by atoms with Gasteiger partial charge < -0.3 is 10.1 Å². The van der Waals surface area contributed by atoms with Gasteiger partial charge in [-0.05, 0) is 25.7 Å². The summed E-state index contributed by atoms with van der Waals surface area (Å²) in [5, 5.41) is 3.63. The van der Waals surface area contributed by atoms with Crippen LogP contribution in [0.15, 0.2) is 0 Å². The van der Waals surface area contributed by atoms with Crippen molar-refractivity contribution in [1.29, 1.82) is 0 Å². The maximum absolute atomic E-state index is 5.43. The van der Waals surface area contributed by atoms with Gasteiger partial charge in [-0.25, -0.2) is 0 Å². The van der Waals surface area contributed by atoms with Gasteiger partial charge in [0.15, 0.2) is 0 Å². The van der Waals surface area contributed by atoms with Crippen molar-refractivity contribution in [2.45, 2.75) is 32.2 Å². The Kier molecular flexibility index (Phi) is 3.65. The number of hydrogen-bond acceptors (Lipinski definition) is 3. The molecule has 2 aliphatic rings. The van der Waals surface area contributed by atoms with Gasteiger partial charge in [0.25, 0.3) is 0 Å². The van der Waals surface area contributed by atoms with Crippen LogP contribution in [0.2, 0.25) is 0 Å². The molecule has 0 radical (unpaired) electrons. The fourth-order valence-corrected chi connectivity index (χ4v) is 2.63. The summed E-state index contributed by atoms with van der Waals surface area (Å²) in [6.45, 7) is 11.3. The number of hydrogen-bond donors (Lipinski definition) is 1. The van der Waals surface area contributed by atoms with E-state index in [1.807, 2.05) is 0 Å². The molecule has 0 aliphatic carbocycles. The second kappa shape index (κ2) is 4.81. The molecule has 2 saturated heterocycles. The number of nitrogens with one attached hydrogen (secondary N) is 1. The molecular formula is C12H24N2O. The second-order valence-corrected chi connectivity index (χ2v) is 5.31. The number of nitrogens with zero attached hydrogens (tertiary/aromatic N) is 1. The Morgan fingerprint density at radius 3 is 3.07 bits per heavy atom. The van der Waals surface area contributed by atoms with Crippen LogP contribution >= 0.6 is 0 Å². The zero-order chi connectivity index (χ0) is 10.7. The Morgan fingerprint density at radius 2 is 2.40 bits per heavy atom. The predicted octanol–water partition coefficient (Wildman–Crippen LogP) is 1.10. The molecule has 0 aromatic carbocycles. The van der Waals surface area contributed by atoms with Crippen LogP contribution < -0.4 is 5.32 Å². The van der Waals surface area contributed by atoms with E-state index in [0.29, 0.717) is 5.54 Å². The van der Waals surface area contributed by atoms with Crippen LogP contribution in [0.5, 0.6) is 0 Å². The van der Waals surface area contributed by atoms with Crippen molar-refractivity contribution in [3.05, 3.63) is 0 Å². The molecule has 1 N–H and O–H groups in total. The number of ether oxygens (including phenoxy) is 1. The van der Waals surface area contributed by atoms with Crippen LogP contribution in [-0.2, 0) is 4.74 Å². The molecule has 15 heavy (non-hydrogen) atoms. The Labute approximate surface area is 93.2 Å². The molecule has 0 amide bonds. The molecule has 0 aromatic rings. The zero-order valence-electron chi connectivity index (χ0n) is 10.1. The SMILES string of the molecule is CCC1(C)CN(CC2CCOC2)CCN1. The van der Waals surface area contributed by atoms with Gasteiger partial charge >= 0.3 is 0 Å². The lowest BCUT2D eigenvalue weighted by atomic mass is 9.95. The predicted molar refractivity (Wildman–Crippen MR) is 62.1 cm³/mol. The van der Waals surface area contributed by atoms with E-state index >= 15 is 0 Å². The van der Waals surface area contributed by atoms with E-state index in [-0.39, 0.29) is 0 Å². The van der Waals surface area contributed by atoms with Crippen molar-refractivity contribution in [1.82, 2.24) is 10.2 Å². The molecule has 3 nitrogen and oxygen atoms in total. The normalized spacial score (nSPS) is 38.4. The van der Waals surface area contributed by atoms with E-state index in [1.54, 1.807) is 0 Å². The minimum atomic E-state index is 0.331. The molecule has 2 heterocycles. The lowest BCUT2D eigenvalue weighted by Crippen LogP contribution is -2.59. The number of rotatable bonds is 3. The summed E-state index contributed by atoms with van der Waals surface area (Å²) in [5.41, 5.74) is 0.331. The minimum Gasteiger partial charge on any atom is -0.381 e. The topological polar surface area (TPSA) is 24.5 Å². The van der Waals surface area contributed by atoms with Crippen LogP contribution in [0, 0.1) is 5.92 Å². The van der Waals surface area contributed by atoms with Crippen LogP contribution in [0.25, 0.3) is 0 Å². The maximum Gasteiger partial charge on any atom is 0.0507 e. The van der Waals surface area contributed by atoms with Crippen LogP contribution in [-0.4, -0.2) is 49.8 Å². The third-order valence-corrected chi connectivity index (χ3v) is 3.87. The van der Waals surface area contributed by atoms with E-state index in [2.05, 4.69) is 24.1 Å². The van der Waals surface area contributed by atoms with Gasteiger partial charge in [-0.3, -0.25) is 4.90 Å². The lowest BCUT2D eigenvalue weighted by Gasteiger charge is -2.41. The van der Waals surface area contributed by atoms with E-state index < -0.39 is 0 Å². The molecule has 88 valence electrons. The number of piperazine rings is 1. The highest BCUT2D eigenvalue weighted by Crippen LogP contribution is 2.19. The summed E-state index contributed by atoms with van der Waals surface area (Å²) >= 11 is 0. The molecular weight excluding hydrogens is 188 g/mol. The molecule has 0 spiro atoms. The molecule has 2 rings (SSSR count). The minimum absolute atomic E-state index is 0.331. The molecule has 3 heteroatoms. The van der Waals surface area contributed by atoms with Crippen molar-refractivity contribution in [3.63, 3.8) is 0 Å². The van der Waals surface area contributed by atoms with Gasteiger partial charge in [-0.1, -0.05) is 6.92 Å². The molecule has 0 saturated carbocycles. The van der Waals surface area contributed by atoms with Crippen molar-refractivity contribution in [3.8, 4) is 0 Å². The average Bonchev–Trinajstić information content (AvgIpc) is 2.71. The lowest BCUT2D eigenvalue weighted by molar-refractivity contribution is 0.114. The van der Waals surface area contributed by atoms with Crippen molar-refractivity contribution < 1.29 is 4.74 Å². The van der Waals surface area contributed by atoms with Gasteiger partial charge in [0, 0.05) is 38.3 Å². The second-order valence-electron chi connectivity index (χ2n) is 5.31. The fraction of sp³-hybridized carbons (Fsp3) is 1.00. The zero-order valence-corrected chi connectivity index (χ0v) is 10.1. The standard InChI is InChI=1S/C12H24N2O/c1-3-12(2)10-14(6-5-13-12)8-11-4-7-15-9-11/h11,13H,3-10H2,1-2H3. The van der Waals surface area contributed by atoms with Crippen molar-refractivity contribution in [2.24, 2.45) is 5.92 Å². The van der Waals surface area contributed by atoms with Gasteiger partial charge in [0.05, 0.1) is 6.61 Å². The fourth-order valence-electron chi connectivity index (χ4n) is 2.63. The average molecular weight is 212 g/mol. The van der Waals surface area contributed by atoms with E-state index in [0.717, 1.165) is 25.7 Å². The first-order valence-corrected chi connectivity index (χ1v) is 6.27. The molecule has 2 aliphatic heterocycles. The highest BCUT2D eigenvalue weighted by atomic mass is 16.5. The van der Waals surface area contributed by atoms with E-state index in [9.17, 15) is 0 Å². The maximum atomic E-state index is 5.43. The Balaban J connectivity index is 1.81. The first-order chi connectivity index (χ1) is 7.22. The van der Waals surface area contributed by atoms with Crippen molar-refractivity contribution >= 4 is 0 Å². The van der Waals surface area contributed by atoms with Gasteiger partial charge in [-0.2, -0.15) is 0 Å². The summed E-state index contributed by atoms with van der Waals surface area (Å²) in [7, 11) is 0. The third-order valence-electron chi connectivity index (χ3n) is 3.87. The van der Waals surface area contributed by atoms with Gasteiger partial charge in [0.2, 0.25) is 0 Å². The van der Waals surface area contributed by atoms with Crippen LogP contribution in [0.4, 0.5) is 0 Å². The monoisotopic (exact) mass is 212 g/mol. The molecule has 0 aromatic heterocycles. The van der Waals surface area contributed by atoms with Crippen LogP contribution in [0.1, 0.15) is 26.7 Å². The first-order valence-electron chi connectivity index (χ1n) is 6.27. The quantitative estimate of drug-likeness (QED) is 0.758. The summed E-state index contributed by atoms with van der Waals surface area (Å²) in [6.07, 6.45) is 2.47. The Morgan fingerprint density at radius 1 is 1.53 bits per heavy atom. The van der Waals surface area contributed by atoms with Gasteiger partial charge in [0.1, 0.15) is 0 Å². The largest absolute Gasteiger partial charge is 0.381 e. The Bertz CT molecular complexity index is 204. The molecule has 0 bridgehead atoms. The molecule has 2 unspecified atom stereocenters. The van der Waals surface area contributed by atoms with E-state index in [1.165, 1.54) is 32.5 Å². The summed E-state index contributed by atoms with van der Waals surface area (Å²) in [5.74, 6) is 0.782. The van der Waals surface area contributed by atoms with E-state index in [4.69, 9.17) is 4.74 Å². The third kappa shape index (κ3) is 2.92. The Hall–Kier alpha value is -0.120. The summed E-state index contributed by atoms with van der Waals surface area (Å²) in [6, 6.07) is 0. The first kappa shape index (κ1) is 11.4. The van der Waals surface area contributed by atoms with Crippen molar-refractivity contribution in [2.75, 3.05) is 39.4 Å². The van der Waals surface area contributed by atoms with Crippen LogP contribution in [0.3, 0.4) is 0 Å².